The Morgan fingerprint density at radius 3 is 2.50 bits per heavy atom. The highest BCUT2D eigenvalue weighted by Crippen LogP contribution is 2.42. The van der Waals surface area contributed by atoms with Crippen molar-refractivity contribution in [1.82, 2.24) is 14.9 Å². The number of hydrogen-bond donors (Lipinski definition) is 1. The molecule has 210 valence electrons. The van der Waals surface area contributed by atoms with Crippen LogP contribution in [0.3, 0.4) is 0 Å². The second-order valence-electron chi connectivity index (χ2n) is 10.7. The average molecular weight is 616 g/mol. The van der Waals surface area contributed by atoms with Gasteiger partial charge in [-0.05, 0) is 62.1 Å². The van der Waals surface area contributed by atoms with E-state index < -0.39 is 28.6 Å². The third kappa shape index (κ3) is 5.46. The van der Waals surface area contributed by atoms with E-state index >= 15 is 0 Å². The minimum Gasteiger partial charge on any atom is -0.469 e. The van der Waals surface area contributed by atoms with E-state index in [1.807, 2.05) is 37.3 Å². The Kier molecular flexibility index (Phi) is 7.65. The number of nitrogens with zero attached hydrogens (tertiary/aromatic N) is 2. The molecular weight excluding hydrogens is 587 g/mol. The van der Waals surface area contributed by atoms with Crippen molar-refractivity contribution in [1.29, 1.82) is 0 Å². The molecule has 1 aliphatic carbocycles. The van der Waals surface area contributed by atoms with Crippen molar-refractivity contribution < 1.29 is 27.5 Å². The van der Waals surface area contributed by atoms with Gasteiger partial charge in [-0.2, -0.15) is 13.2 Å². The van der Waals surface area contributed by atoms with Gasteiger partial charge in [0, 0.05) is 34.2 Å². The number of benzene rings is 2. The van der Waals surface area contributed by atoms with Crippen LogP contribution in [0.5, 0.6) is 0 Å². The van der Waals surface area contributed by atoms with Crippen molar-refractivity contribution in [3.63, 3.8) is 0 Å². The van der Waals surface area contributed by atoms with E-state index in [0.717, 1.165) is 10.8 Å². The van der Waals surface area contributed by atoms with Gasteiger partial charge in [0.25, 0.3) is 5.91 Å². The van der Waals surface area contributed by atoms with Crippen molar-refractivity contribution in [2.45, 2.75) is 45.3 Å². The zero-order chi connectivity index (χ0) is 28.7. The first-order chi connectivity index (χ1) is 19.0. The second kappa shape index (κ2) is 10.9. The number of esters is 1. The van der Waals surface area contributed by atoms with Gasteiger partial charge in [-0.25, -0.2) is 0 Å². The number of ether oxygens (including phenoxy) is 1. The first kappa shape index (κ1) is 28.1. The molecule has 0 bridgehead atoms. The van der Waals surface area contributed by atoms with E-state index in [1.54, 1.807) is 23.0 Å². The fourth-order valence-electron chi connectivity index (χ4n) is 5.66. The molecule has 0 atom stereocenters. The van der Waals surface area contributed by atoms with E-state index in [-0.39, 0.29) is 35.0 Å². The SMILES string of the molecule is COC(=O)C1(C)CCC(CNC(=O)c2c(C(F)(F)F)c(Br)cc3ccn(Cc4cc5ccccc5cn4)c23)CC1. The van der Waals surface area contributed by atoms with Crippen molar-refractivity contribution in [2.24, 2.45) is 11.3 Å². The maximum absolute atomic E-state index is 14.4. The molecule has 0 aliphatic heterocycles. The van der Waals surface area contributed by atoms with Gasteiger partial charge in [0.1, 0.15) is 0 Å². The summed E-state index contributed by atoms with van der Waals surface area (Å²) >= 11 is 3.07. The lowest BCUT2D eigenvalue weighted by molar-refractivity contribution is -0.154. The van der Waals surface area contributed by atoms with Crippen molar-refractivity contribution in [3.8, 4) is 0 Å². The highest BCUT2D eigenvalue weighted by atomic mass is 79.9. The summed E-state index contributed by atoms with van der Waals surface area (Å²) in [6.45, 7) is 2.27. The number of hydrogen-bond acceptors (Lipinski definition) is 4. The van der Waals surface area contributed by atoms with E-state index in [1.165, 1.54) is 13.2 Å². The molecule has 0 spiro atoms. The smallest absolute Gasteiger partial charge is 0.418 e. The summed E-state index contributed by atoms with van der Waals surface area (Å²) in [5, 5.41) is 5.21. The number of nitrogens with one attached hydrogen (secondary N) is 1. The molecule has 0 radical (unpaired) electrons. The largest absolute Gasteiger partial charge is 0.469 e. The minimum absolute atomic E-state index is 0.0484. The summed E-state index contributed by atoms with van der Waals surface area (Å²) < 4.78 is 49.4. The molecule has 10 heteroatoms. The summed E-state index contributed by atoms with van der Waals surface area (Å²) in [4.78, 5) is 30.2. The zero-order valence-corrected chi connectivity index (χ0v) is 23.7. The number of methoxy groups -OCH3 is 1. The lowest BCUT2D eigenvalue weighted by atomic mass is 9.71. The molecule has 1 N–H and O–H groups in total. The lowest BCUT2D eigenvalue weighted by Crippen LogP contribution is -2.38. The molecular formula is C30H29BrF3N3O3. The number of fused-ring (bicyclic) bond motifs is 2. The van der Waals surface area contributed by atoms with Crippen molar-refractivity contribution in [2.75, 3.05) is 13.7 Å². The quantitative estimate of drug-likeness (QED) is 0.234. The van der Waals surface area contributed by atoms with Crippen LogP contribution in [0, 0.1) is 11.3 Å². The molecule has 1 saturated carbocycles. The number of halogens is 4. The molecule has 2 aromatic carbocycles. The fourth-order valence-corrected chi connectivity index (χ4v) is 6.33. The maximum Gasteiger partial charge on any atom is 0.418 e. The van der Waals surface area contributed by atoms with Crippen LogP contribution in [0.4, 0.5) is 13.2 Å². The van der Waals surface area contributed by atoms with Crippen LogP contribution in [-0.4, -0.2) is 35.1 Å². The molecule has 5 rings (SSSR count). The topological polar surface area (TPSA) is 73.2 Å². The molecule has 40 heavy (non-hydrogen) atoms. The van der Waals surface area contributed by atoms with Gasteiger partial charge in [-0.3, -0.25) is 14.6 Å². The summed E-state index contributed by atoms with van der Waals surface area (Å²) in [5.41, 5.74) is -1.14. The third-order valence-electron chi connectivity index (χ3n) is 7.97. The summed E-state index contributed by atoms with van der Waals surface area (Å²) in [6.07, 6.45) is 1.17. The molecule has 1 amide bonds. The Balaban J connectivity index is 1.46. The van der Waals surface area contributed by atoms with Gasteiger partial charge >= 0.3 is 12.1 Å². The number of amides is 1. The van der Waals surface area contributed by atoms with Gasteiger partial charge in [0.15, 0.2) is 0 Å². The standard InChI is InChI=1S/C30H29BrF3N3O3/c1-29(28(39)40-2)10-7-18(8-11-29)15-36-27(38)24-25(30(32,33)34)23(31)14-20-9-12-37(26(20)24)17-22-13-19-5-3-4-6-21(19)16-35-22/h3-6,9,12-14,16,18H,7-8,10-11,15,17H2,1-2H3,(H,36,38). The zero-order valence-electron chi connectivity index (χ0n) is 22.1. The van der Waals surface area contributed by atoms with Crippen LogP contribution in [-0.2, 0) is 22.3 Å². The molecule has 1 fully saturated rings. The van der Waals surface area contributed by atoms with Gasteiger partial charge < -0.3 is 14.6 Å². The van der Waals surface area contributed by atoms with E-state index in [4.69, 9.17) is 4.74 Å². The van der Waals surface area contributed by atoms with E-state index in [9.17, 15) is 22.8 Å². The maximum atomic E-state index is 14.4. The number of alkyl halides is 3. The number of aromatic nitrogens is 2. The predicted molar refractivity (Wildman–Crippen MR) is 150 cm³/mol. The Morgan fingerprint density at radius 2 is 1.82 bits per heavy atom. The predicted octanol–water partition coefficient (Wildman–Crippen LogP) is 7.12. The summed E-state index contributed by atoms with van der Waals surface area (Å²) in [6, 6.07) is 12.7. The summed E-state index contributed by atoms with van der Waals surface area (Å²) in [5.74, 6) is -0.999. The monoisotopic (exact) mass is 615 g/mol. The average Bonchev–Trinajstić information content (AvgIpc) is 3.32. The molecule has 2 aromatic heterocycles. The fraction of sp³-hybridized carbons (Fsp3) is 0.367. The van der Waals surface area contributed by atoms with Gasteiger partial charge in [-0.1, -0.05) is 40.2 Å². The molecule has 0 unspecified atom stereocenters. The van der Waals surface area contributed by atoms with Crippen molar-refractivity contribution >= 4 is 49.5 Å². The Bertz CT molecular complexity index is 1590. The van der Waals surface area contributed by atoms with Crippen LogP contribution < -0.4 is 5.32 Å². The molecule has 2 heterocycles. The first-order valence-electron chi connectivity index (χ1n) is 13.1. The van der Waals surface area contributed by atoms with Crippen LogP contribution in [0.15, 0.2) is 59.3 Å². The van der Waals surface area contributed by atoms with Gasteiger partial charge in [-0.15, -0.1) is 0 Å². The Hall–Kier alpha value is -3.40. The number of carbonyl (C=O) groups is 2. The van der Waals surface area contributed by atoms with Gasteiger partial charge in [0.05, 0.1) is 41.4 Å². The number of rotatable bonds is 6. The number of carbonyl (C=O) groups excluding carboxylic acids is 2. The molecule has 1 aliphatic rings. The summed E-state index contributed by atoms with van der Waals surface area (Å²) in [7, 11) is 1.36. The van der Waals surface area contributed by atoms with E-state index in [2.05, 4.69) is 26.2 Å². The van der Waals surface area contributed by atoms with Crippen molar-refractivity contribution in [3.05, 3.63) is 76.2 Å². The highest BCUT2D eigenvalue weighted by molar-refractivity contribution is 9.10. The Labute approximate surface area is 238 Å². The van der Waals surface area contributed by atoms with Gasteiger partial charge in [0.2, 0.25) is 0 Å². The highest BCUT2D eigenvalue weighted by Gasteiger charge is 2.41. The van der Waals surface area contributed by atoms with E-state index in [0.29, 0.717) is 36.8 Å². The number of pyridine rings is 1. The minimum atomic E-state index is -4.76. The van der Waals surface area contributed by atoms with Crippen LogP contribution >= 0.6 is 15.9 Å². The first-order valence-corrected chi connectivity index (χ1v) is 13.9. The lowest BCUT2D eigenvalue weighted by Gasteiger charge is -2.35. The molecule has 6 nitrogen and oxygen atoms in total. The van der Waals surface area contributed by atoms with Crippen LogP contribution in [0.2, 0.25) is 0 Å². The third-order valence-corrected chi connectivity index (χ3v) is 8.60. The van der Waals surface area contributed by atoms with Crippen LogP contribution in [0.1, 0.15) is 54.2 Å². The van der Waals surface area contributed by atoms with Crippen LogP contribution in [0.25, 0.3) is 21.7 Å². The normalized spacial score (nSPS) is 19.6. The molecule has 4 aromatic rings. The second-order valence-corrected chi connectivity index (χ2v) is 11.6. The molecule has 0 saturated heterocycles. The Morgan fingerprint density at radius 1 is 1.12 bits per heavy atom.